The standard InChI is InChI=1S/C39H45N3O5S/c1-6-7-13-37-41-35-23-18-30(40-24-10-25-48(44,45)32-21-19-31(46-5)20-22-32)26-36(35)42(37)27-28-14-16-29(17-15-28)33-11-8-9-12-34(33)38(43)47-39(2,3)4/h8-9,11-12,14-23,26,40H,6-7,10,13,24-25,27H2,1-5H3. The SMILES string of the molecule is CCCCc1nc2ccc(NCCCS(=O)(=O)c3ccc(OC)cc3)cc2n1Cc1ccc(-c2ccccc2C(=O)OC(C)(C)C)cc1. The number of nitrogens with one attached hydrogen (secondary N) is 1. The van der Waals surface area contributed by atoms with Gasteiger partial charge < -0.3 is 19.4 Å². The number of benzene rings is 4. The van der Waals surface area contributed by atoms with Crippen molar-refractivity contribution < 1.29 is 22.7 Å². The highest BCUT2D eigenvalue weighted by Gasteiger charge is 2.21. The molecular formula is C39H45N3O5S. The van der Waals surface area contributed by atoms with E-state index in [1.54, 1.807) is 37.4 Å². The smallest absolute Gasteiger partial charge is 0.339 e. The van der Waals surface area contributed by atoms with Crippen molar-refractivity contribution in [3.8, 4) is 16.9 Å². The number of nitrogens with zero attached hydrogens (tertiary/aromatic N) is 2. The number of esters is 1. The molecule has 0 saturated heterocycles. The normalized spacial score (nSPS) is 11.9. The van der Waals surface area contributed by atoms with Crippen LogP contribution in [-0.4, -0.2) is 48.9 Å². The first-order valence-corrected chi connectivity index (χ1v) is 18.1. The molecule has 0 aliphatic rings. The lowest BCUT2D eigenvalue weighted by atomic mass is 9.98. The van der Waals surface area contributed by atoms with Gasteiger partial charge in [-0.1, -0.05) is 55.8 Å². The van der Waals surface area contributed by atoms with Crippen molar-refractivity contribution in [2.24, 2.45) is 0 Å². The van der Waals surface area contributed by atoms with Crippen molar-refractivity contribution >= 4 is 32.5 Å². The van der Waals surface area contributed by atoms with Crippen LogP contribution in [-0.2, 0) is 27.5 Å². The molecule has 0 amide bonds. The van der Waals surface area contributed by atoms with Gasteiger partial charge in [-0.3, -0.25) is 0 Å². The van der Waals surface area contributed by atoms with Crippen LogP contribution < -0.4 is 10.1 Å². The summed E-state index contributed by atoms with van der Waals surface area (Å²) in [6, 6.07) is 28.5. The van der Waals surface area contributed by atoms with E-state index in [0.717, 1.165) is 58.5 Å². The van der Waals surface area contributed by atoms with Crippen LogP contribution in [0.5, 0.6) is 5.75 Å². The van der Waals surface area contributed by atoms with Crippen molar-refractivity contribution in [1.82, 2.24) is 9.55 Å². The molecule has 0 aliphatic carbocycles. The molecule has 1 heterocycles. The first-order chi connectivity index (χ1) is 23.0. The summed E-state index contributed by atoms with van der Waals surface area (Å²) in [7, 11) is -1.83. The van der Waals surface area contributed by atoms with Crippen molar-refractivity contribution in [2.45, 2.75) is 70.4 Å². The number of fused-ring (bicyclic) bond motifs is 1. The molecule has 0 unspecified atom stereocenters. The number of hydrogen-bond acceptors (Lipinski definition) is 7. The first-order valence-electron chi connectivity index (χ1n) is 16.5. The summed E-state index contributed by atoms with van der Waals surface area (Å²) in [4.78, 5) is 18.2. The Hall–Kier alpha value is -4.63. The van der Waals surface area contributed by atoms with Crippen molar-refractivity contribution in [3.63, 3.8) is 0 Å². The molecule has 0 aliphatic heterocycles. The zero-order valence-electron chi connectivity index (χ0n) is 28.5. The Labute approximate surface area is 284 Å². The van der Waals surface area contributed by atoms with E-state index in [2.05, 4.69) is 47.1 Å². The summed E-state index contributed by atoms with van der Waals surface area (Å²) in [6.45, 7) is 8.95. The fraction of sp³-hybridized carbons (Fsp3) is 0.333. The van der Waals surface area contributed by atoms with Gasteiger partial charge >= 0.3 is 5.97 Å². The number of aromatic nitrogens is 2. The Bertz CT molecular complexity index is 1960. The number of hydrogen-bond donors (Lipinski definition) is 1. The molecule has 0 spiro atoms. The summed E-state index contributed by atoms with van der Waals surface area (Å²) < 4.78 is 38.7. The summed E-state index contributed by atoms with van der Waals surface area (Å²) in [5, 5.41) is 3.41. The maximum Gasteiger partial charge on any atom is 0.339 e. The van der Waals surface area contributed by atoms with E-state index in [4.69, 9.17) is 14.5 Å². The van der Waals surface area contributed by atoms with Crippen LogP contribution in [0.2, 0.25) is 0 Å². The molecule has 9 heteroatoms. The third kappa shape index (κ3) is 8.63. The molecule has 1 N–H and O–H groups in total. The Morgan fingerprint density at radius 3 is 2.33 bits per heavy atom. The summed E-state index contributed by atoms with van der Waals surface area (Å²) in [5.74, 6) is 1.37. The van der Waals surface area contributed by atoms with Gasteiger partial charge in [-0.2, -0.15) is 0 Å². The van der Waals surface area contributed by atoms with E-state index in [0.29, 0.717) is 35.7 Å². The Kier molecular flexibility index (Phi) is 10.9. The fourth-order valence-electron chi connectivity index (χ4n) is 5.60. The molecule has 0 saturated carbocycles. The second kappa shape index (κ2) is 15.1. The van der Waals surface area contributed by atoms with Gasteiger partial charge in [0.15, 0.2) is 9.84 Å². The first kappa shape index (κ1) is 34.7. The number of ether oxygens (including phenoxy) is 2. The molecule has 48 heavy (non-hydrogen) atoms. The topological polar surface area (TPSA) is 99.5 Å². The van der Waals surface area contributed by atoms with Crippen molar-refractivity contribution in [1.29, 1.82) is 0 Å². The molecule has 0 radical (unpaired) electrons. The third-order valence-electron chi connectivity index (χ3n) is 8.07. The van der Waals surface area contributed by atoms with Crippen LogP contribution in [0.25, 0.3) is 22.2 Å². The van der Waals surface area contributed by atoms with E-state index < -0.39 is 15.4 Å². The zero-order valence-corrected chi connectivity index (χ0v) is 29.3. The summed E-state index contributed by atoms with van der Waals surface area (Å²) >= 11 is 0. The second-order valence-corrected chi connectivity index (χ2v) is 15.0. The van der Waals surface area contributed by atoms with Gasteiger partial charge in [-0.05, 0) is 98.8 Å². The molecule has 0 fully saturated rings. The highest BCUT2D eigenvalue weighted by molar-refractivity contribution is 7.91. The maximum atomic E-state index is 12.9. The summed E-state index contributed by atoms with van der Waals surface area (Å²) in [5.41, 5.74) is 5.73. The van der Waals surface area contributed by atoms with Gasteiger partial charge in [0.25, 0.3) is 0 Å². The quantitative estimate of drug-likeness (QED) is 0.0939. The maximum absolute atomic E-state index is 12.9. The second-order valence-electron chi connectivity index (χ2n) is 12.9. The Morgan fingerprint density at radius 2 is 1.65 bits per heavy atom. The lowest BCUT2D eigenvalue weighted by Gasteiger charge is -2.20. The number of anilines is 1. The minimum Gasteiger partial charge on any atom is -0.497 e. The van der Waals surface area contributed by atoms with Gasteiger partial charge in [0, 0.05) is 25.2 Å². The van der Waals surface area contributed by atoms with Gasteiger partial charge in [0.2, 0.25) is 0 Å². The monoisotopic (exact) mass is 667 g/mol. The van der Waals surface area contributed by atoms with Crippen LogP contribution in [0.15, 0.2) is 95.9 Å². The number of aryl methyl sites for hydroxylation is 1. The number of sulfone groups is 1. The third-order valence-corrected chi connectivity index (χ3v) is 9.89. The van der Waals surface area contributed by atoms with Crippen LogP contribution in [0.1, 0.15) is 68.7 Å². The molecule has 0 atom stereocenters. The van der Waals surface area contributed by atoms with Gasteiger partial charge in [0.05, 0.1) is 34.4 Å². The predicted octanol–water partition coefficient (Wildman–Crippen LogP) is 8.33. The molecule has 8 nitrogen and oxygen atoms in total. The van der Waals surface area contributed by atoms with Gasteiger partial charge in [0.1, 0.15) is 17.2 Å². The predicted molar refractivity (Wildman–Crippen MR) is 193 cm³/mol. The van der Waals surface area contributed by atoms with E-state index >= 15 is 0 Å². The van der Waals surface area contributed by atoms with Crippen LogP contribution in [0, 0.1) is 0 Å². The average Bonchev–Trinajstić information content (AvgIpc) is 3.41. The van der Waals surface area contributed by atoms with Gasteiger partial charge in [-0.15, -0.1) is 0 Å². The molecule has 5 rings (SSSR count). The van der Waals surface area contributed by atoms with Crippen molar-refractivity contribution in [2.75, 3.05) is 24.7 Å². The largest absolute Gasteiger partial charge is 0.497 e. The number of carbonyl (C=O) groups is 1. The Balaban J connectivity index is 1.31. The molecule has 252 valence electrons. The van der Waals surface area contributed by atoms with Crippen molar-refractivity contribution in [3.05, 3.63) is 108 Å². The zero-order chi connectivity index (χ0) is 34.3. The minimum atomic E-state index is -3.39. The van der Waals surface area contributed by atoms with Crippen LogP contribution in [0.4, 0.5) is 5.69 Å². The van der Waals surface area contributed by atoms with Gasteiger partial charge in [-0.25, -0.2) is 18.2 Å². The molecule has 4 aromatic carbocycles. The minimum absolute atomic E-state index is 0.0475. The van der Waals surface area contributed by atoms with Crippen LogP contribution in [0.3, 0.4) is 0 Å². The average molecular weight is 668 g/mol. The Morgan fingerprint density at radius 1 is 0.917 bits per heavy atom. The number of carbonyl (C=O) groups excluding carboxylic acids is 1. The number of imidazole rings is 1. The van der Waals surface area contributed by atoms with E-state index in [1.165, 1.54) is 0 Å². The van der Waals surface area contributed by atoms with E-state index in [1.807, 2.05) is 51.1 Å². The highest BCUT2D eigenvalue weighted by atomic mass is 32.2. The molecule has 1 aromatic heterocycles. The number of unbranched alkanes of at least 4 members (excludes halogenated alkanes) is 1. The molecular weight excluding hydrogens is 623 g/mol. The number of methoxy groups -OCH3 is 1. The lowest BCUT2D eigenvalue weighted by Crippen LogP contribution is -2.24. The molecule has 0 bridgehead atoms. The van der Waals surface area contributed by atoms with E-state index in [9.17, 15) is 13.2 Å². The van der Waals surface area contributed by atoms with Crippen LogP contribution >= 0.6 is 0 Å². The number of rotatable bonds is 14. The lowest BCUT2D eigenvalue weighted by molar-refractivity contribution is 0.00704. The highest BCUT2D eigenvalue weighted by Crippen LogP contribution is 2.28. The fourth-order valence-corrected chi connectivity index (χ4v) is 6.91. The molecule has 5 aromatic rings. The summed E-state index contributed by atoms with van der Waals surface area (Å²) in [6.07, 6.45) is 3.45. The van der Waals surface area contributed by atoms with E-state index in [-0.39, 0.29) is 11.7 Å².